The molecular weight excluding hydrogens is 316 g/mol. The van der Waals surface area contributed by atoms with E-state index < -0.39 is 11.9 Å². The number of rotatable bonds is 6. The van der Waals surface area contributed by atoms with E-state index in [0.717, 1.165) is 17.5 Å². The summed E-state index contributed by atoms with van der Waals surface area (Å²) in [5, 5.41) is 2.75. The van der Waals surface area contributed by atoms with Crippen molar-refractivity contribution in [2.24, 2.45) is 5.73 Å². The Morgan fingerprint density at radius 2 is 1.84 bits per heavy atom. The minimum absolute atomic E-state index is 0.176. The zero-order valence-electron chi connectivity index (χ0n) is 14.0. The highest BCUT2D eigenvalue weighted by Crippen LogP contribution is 2.29. The standard InChI is InChI=1S/C20H22N2O3/c21-20(24)17(12-14-6-2-1-3-7-14)22-19(23)13-18-16-9-5-4-8-15(16)10-11-25-18/h1-9,17-18H,10-13H2,(H2,21,24)(H,22,23)/t17-,18+/m0/s1. The predicted octanol–water partition coefficient (Wildman–Crippen LogP) is 1.90. The molecule has 1 aliphatic rings. The molecule has 2 atom stereocenters. The van der Waals surface area contributed by atoms with E-state index in [1.807, 2.05) is 48.5 Å². The number of primary amides is 1. The smallest absolute Gasteiger partial charge is 0.240 e. The Bertz CT molecular complexity index is 746. The van der Waals surface area contributed by atoms with Crippen LogP contribution in [-0.4, -0.2) is 24.5 Å². The first-order chi connectivity index (χ1) is 12.1. The summed E-state index contributed by atoms with van der Waals surface area (Å²) in [7, 11) is 0. The van der Waals surface area contributed by atoms with Gasteiger partial charge in [0.1, 0.15) is 6.04 Å². The van der Waals surface area contributed by atoms with E-state index in [0.29, 0.717) is 13.0 Å². The number of amides is 2. The van der Waals surface area contributed by atoms with Crippen molar-refractivity contribution in [2.75, 3.05) is 6.61 Å². The molecule has 0 aliphatic carbocycles. The highest BCUT2D eigenvalue weighted by Gasteiger charge is 2.25. The molecule has 1 aliphatic heterocycles. The van der Waals surface area contributed by atoms with Gasteiger partial charge in [-0.3, -0.25) is 9.59 Å². The monoisotopic (exact) mass is 338 g/mol. The lowest BCUT2D eigenvalue weighted by atomic mass is 9.95. The molecule has 0 bridgehead atoms. The summed E-state index contributed by atoms with van der Waals surface area (Å²) in [6, 6.07) is 16.7. The number of hydrogen-bond donors (Lipinski definition) is 2. The third-order valence-electron chi connectivity index (χ3n) is 4.42. The minimum atomic E-state index is -0.728. The van der Waals surface area contributed by atoms with Gasteiger partial charge in [0.25, 0.3) is 0 Å². The Labute approximate surface area is 147 Å². The summed E-state index contributed by atoms with van der Waals surface area (Å²) in [6.45, 7) is 0.595. The van der Waals surface area contributed by atoms with Crippen LogP contribution in [0.3, 0.4) is 0 Å². The van der Waals surface area contributed by atoms with Crippen molar-refractivity contribution in [2.45, 2.75) is 31.4 Å². The first kappa shape index (κ1) is 17.2. The molecule has 1 heterocycles. The molecule has 5 heteroatoms. The zero-order chi connectivity index (χ0) is 17.6. The number of fused-ring (bicyclic) bond motifs is 1. The molecule has 0 unspecified atom stereocenters. The summed E-state index contributed by atoms with van der Waals surface area (Å²) in [5.74, 6) is -0.774. The number of benzene rings is 2. The Kier molecular flexibility index (Phi) is 5.46. The van der Waals surface area contributed by atoms with Crippen molar-refractivity contribution >= 4 is 11.8 Å². The molecule has 2 aromatic rings. The van der Waals surface area contributed by atoms with Crippen molar-refractivity contribution in [3.05, 3.63) is 71.3 Å². The minimum Gasteiger partial charge on any atom is -0.373 e. The van der Waals surface area contributed by atoms with Crippen LogP contribution in [-0.2, 0) is 27.2 Å². The molecule has 2 aromatic carbocycles. The fourth-order valence-corrected chi connectivity index (χ4v) is 3.14. The van der Waals surface area contributed by atoms with Crippen LogP contribution in [0.5, 0.6) is 0 Å². The molecule has 3 rings (SSSR count). The second-order valence-corrected chi connectivity index (χ2v) is 6.22. The van der Waals surface area contributed by atoms with E-state index in [-0.39, 0.29) is 18.4 Å². The average Bonchev–Trinajstić information content (AvgIpc) is 2.62. The molecule has 3 N–H and O–H groups in total. The molecule has 0 saturated heterocycles. The number of ether oxygens (including phenoxy) is 1. The van der Waals surface area contributed by atoms with Gasteiger partial charge in [0.05, 0.1) is 19.1 Å². The van der Waals surface area contributed by atoms with Crippen LogP contribution in [0.2, 0.25) is 0 Å². The van der Waals surface area contributed by atoms with E-state index in [1.54, 1.807) is 0 Å². The lowest BCUT2D eigenvalue weighted by molar-refractivity contribution is -0.129. The average molecular weight is 338 g/mol. The lowest BCUT2D eigenvalue weighted by Gasteiger charge is -2.26. The van der Waals surface area contributed by atoms with Crippen LogP contribution in [0.1, 0.15) is 29.2 Å². The SMILES string of the molecule is NC(=O)[C@H](Cc1ccccc1)NC(=O)C[C@H]1OCCc2ccccc21. The van der Waals surface area contributed by atoms with Gasteiger partial charge in [-0.2, -0.15) is 0 Å². The van der Waals surface area contributed by atoms with Crippen LogP contribution in [0.15, 0.2) is 54.6 Å². The van der Waals surface area contributed by atoms with Crippen molar-refractivity contribution in [3.8, 4) is 0 Å². The second kappa shape index (κ2) is 7.94. The Hall–Kier alpha value is -2.66. The first-order valence-corrected chi connectivity index (χ1v) is 8.45. The molecule has 0 saturated carbocycles. The largest absolute Gasteiger partial charge is 0.373 e. The lowest BCUT2D eigenvalue weighted by Crippen LogP contribution is -2.46. The molecule has 25 heavy (non-hydrogen) atoms. The Morgan fingerprint density at radius 3 is 2.60 bits per heavy atom. The highest BCUT2D eigenvalue weighted by atomic mass is 16.5. The van der Waals surface area contributed by atoms with Crippen molar-refractivity contribution in [3.63, 3.8) is 0 Å². The van der Waals surface area contributed by atoms with Crippen LogP contribution < -0.4 is 11.1 Å². The van der Waals surface area contributed by atoms with Gasteiger partial charge in [0.15, 0.2) is 0 Å². The first-order valence-electron chi connectivity index (χ1n) is 8.45. The quantitative estimate of drug-likeness (QED) is 0.844. The van der Waals surface area contributed by atoms with Crippen LogP contribution >= 0.6 is 0 Å². The molecule has 0 aromatic heterocycles. The maximum Gasteiger partial charge on any atom is 0.240 e. The van der Waals surface area contributed by atoms with Gasteiger partial charge in [-0.15, -0.1) is 0 Å². The fourth-order valence-electron chi connectivity index (χ4n) is 3.14. The van der Waals surface area contributed by atoms with Crippen molar-refractivity contribution in [1.82, 2.24) is 5.32 Å². The van der Waals surface area contributed by atoms with Gasteiger partial charge in [0, 0.05) is 6.42 Å². The predicted molar refractivity (Wildman–Crippen MR) is 94.7 cm³/mol. The molecule has 130 valence electrons. The third kappa shape index (κ3) is 4.45. The van der Waals surface area contributed by atoms with Crippen molar-refractivity contribution < 1.29 is 14.3 Å². The molecule has 0 fully saturated rings. The number of nitrogens with one attached hydrogen (secondary N) is 1. The summed E-state index contributed by atoms with van der Waals surface area (Å²) in [5.41, 5.74) is 8.66. The van der Waals surface area contributed by atoms with Gasteiger partial charge >= 0.3 is 0 Å². The molecule has 5 nitrogen and oxygen atoms in total. The molecule has 0 spiro atoms. The van der Waals surface area contributed by atoms with Gasteiger partial charge in [0.2, 0.25) is 11.8 Å². The van der Waals surface area contributed by atoms with Gasteiger partial charge < -0.3 is 15.8 Å². The van der Waals surface area contributed by atoms with E-state index in [9.17, 15) is 9.59 Å². The van der Waals surface area contributed by atoms with E-state index >= 15 is 0 Å². The summed E-state index contributed by atoms with van der Waals surface area (Å²) in [4.78, 5) is 24.1. The summed E-state index contributed by atoms with van der Waals surface area (Å²) >= 11 is 0. The van der Waals surface area contributed by atoms with Crippen LogP contribution in [0, 0.1) is 0 Å². The maximum absolute atomic E-state index is 12.4. The number of nitrogens with two attached hydrogens (primary N) is 1. The fraction of sp³-hybridized carbons (Fsp3) is 0.300. The number of hydrogen-bond acceptors (Lipinski definition) is 3. The van der Waals surface area contributed by atoms with Gasteiger partial charge in [-0.05, 0) is 23.1 Å². The Balaban J connectivity index is 1.64. The molecular formula is C20H22N2O3. The normalized spacial score (nSPS) is 17.4. The molecule has 0 radical (unpaired) electrons. The highest BCUT2D eigenvalue weighted by molar-refractivity contribution is 5.87. The van der Waals surface area contributed by atoms with Crippen LogP contribution in [0.4, 0.5) is 0 Å². The zero-order valence-corrected chi connectivity index (χ0v) is 14.0. The third-order valence-corrected chi connectivity index (χ3v) is 4.42. The topological polar surface area (TPSA) is 81.4 Å². The summed E-state index contributed by atoms with van der Waals surface area (Å²) < 4.78 is 5.76. The van der Waals surface area contributed by atoms with Gasteiger partial charge in [-0.1, -0.05) is 54.6 Å². The van der Waals surface area contributed by atoms with Gasteiger partial charge in [-0.25, -0.2) is 0 Å². The van der Waals surface area contributed by atoms with E-state index in [1.165, 1.54) is 5.56 Å². The number of carbonyl (C=O) groups is 2. The second-order valence-electron chi connectivity index (χ2n) is 6.22. The van der Waals surface area contributed by atoms with E-state index in [2.05, 4.69) is 11.4 Å². The number of carbonyl (C=O) groups excluding carboxylic acids is 2. The van der Waals surface area contributed by atoms with E-state index in [4.69, 9.17) is 10.5 Å². The Morgan fingerprint density at radius 1 is 1.12 bits per heavy atom. The van der Waals surface area contributed by atoms with Crippen LogP contribution in [0.25, 0.3) is 0 Å². The molecule has 2 amide bonds. The summed E-state index contributed by atoms with van der Waals surface area (Å²) in [6.07, 6.45) is 1.13. The maximum atomic E-state index is 12.4. The van der Waals surface area contributed by atoms with Crippen molar-refractivity contribution in [1.29, 1.82) is 0 Å².